The van der Waals surface area contributed by atoms with Crippen LogP contribution in [-0.2, 0) is 4.74 Å². The van der Waals surface area contributed by atoms with Crippen LogP contribution in [0.3, 0.4) is 0 Å². The first-order chi connectivity index (χ1) is 10.3. The zero-order chi connectivity index (χ0) is 15.3. The summed E-state index contributed by atoms with van der Waals surface area (Å²) in [5.74, 6) is 0.726. The zero-order valence-electron chi connectivity index (χ0n) is 12.8. The van der Waals surface area contributed by atoms with Gasteiger partial charge in [-0.3, -0.25) is 4.79 Å². The van der Waals surface area contributed by atoms with Crippen LogP contribution in [0.2, 0.25) is 0 Å². The summed E-state index contributed by atoms with van der Waals surface area (Å²) in [6.45, 7) is 5.13. The number of nitrogens with one attached hydrogen (secondary N) is 1. The number of nitrogens with two attached hydrogens (primary N) is 1. The lowest BCUT2D eigenvalue weighted by molar-refractivity contribution is 0.0943. The average molecular weight is 294 g/mol. The molecular weight excluding hydrogens is 268 g/mol. The van der Waals surface area contributed by atoms with Gasteiger partial charge in [0.2, 0.25) is 0 Å². The minimum absolute atomic E-state index is 0.0751. The summed E-state index contributed by atoms with van der Waals surface area (Å²) in [6, 6.07) is 7.22. The topological polar surface area (TPSA) is 73.6 Å². The Hall–Kier alpha value is -1.59. The van der Waals surface area contributed by atoms with Gasteiger partial charge < -0.3 is 20.5 Å². The Balaban J connectivity index is 2.24. The van der Waals surface area contributed by atoms with Gasteiger partial charge in [-0.15, -0.1) is 0 Å². The van der Waals surface area contributed by atoms with E-state index in [-0.39, 0.29) is 5.91 Å². The van der Waals surface area contributed by atoms with Crippen molar-refractivity contribution >= 4 is 5.91 Å². The van der Waals surface area contributed by atoms with Crippen LogP contribution < -0.4 is 15.8 Å². The Morgan fingerprint density at radius 2 is 1.90 bits per heavy atom. The lowest BCUT2D eigenvalue weighted by atomic mass is 10.2. The van der Waals surface area contributed by atoms with E-state index in [1.165, 1.54) is 0 Å². The van der Waals surface area contributed by atoms with Crippen LogP contribution in [0.15, 0.2) is 24.3 Å². The molecule has 0 bridgehead atoms. The number of amides is 1. The molecule has 0 radical (unpaired) electrons. The smallest absolute Gasteiger partial charge is 0.251 e. The fourth-order valence-corrected chi connectivity index (χ4v) is 1.70. The van der Waals surface area contributed by atoms with Crippen molar-refractivity contribution < 1.29 is 14.3 Å². The van der Waals surface area contributed by atoms with Gasteiger partial charge in [0.05, 0.1) is 13.2 Å². The largest absolute Gasteiger partial charge is 0.494 e. The van der Waals surface area contributed by atoms with E-state index in [4.69, 9.17) is 15.2 Å². The van der Waals surface area contributed by atoms with E-state index < -0.39 is 0 Å². The van der Waals surface area contributed by atoms with E-state index in [0.29, 0.717) is 38.5 Å². The summed E-state index contributed by atoms with van der Waals surface area (Å²) in [6.07, 6.45) is 2.92. The van der Waals surface area contributed by atoms with Crippen molar-refractivity contribution in [2.75, 3.05) is 32.9 Å². The summed E-state index contributed by atoms with van der Waals surface area (Å²) < 4.78 is 10.8. The lowest BCUT2D eigenvalue weighted by Crippen LogP contribution is -2.25. The SMILES string of the molecule is CCCCOc1ccc(C(=O)NCCCOCCN)cc1. The Kier molecular flexibility index (Phi) is 9.24. The summed E-state index contributed by atoms with van der Waals surface area (Å²) >= 11 is 0. The number of carbonyl (C=O) groups excluding carboxylic acids is 1. The molecule has 1 aromatic rings. The second-order valence-corrected chi connectivity index (χ2v) is 4.74. The van der Waals surface area contributed by atoms with E-state index in [1.807, 2.05) is 12.1 Å². The third kappa shape index (κ3) is 7.68. The number of ether oxygens (including phenoxy) is 2. The van der Waals surface area contributed by atoms with Crippen LogP contribution in [0.4, 0.5) is 0 Å². The number of hydrogen-bond donors (Lipinski definition) is 2. The zero-order valence-corrected chi connectivity index (χ0v) is 12.8. The first-order valence-corrected chi connectivity index (χ1v) is 7.56. The van der Waals surface area contributed by atoms with Crippen molar-refractivity contribution in [3.63, 3.8) is 0 Å². The Morgan fingerprint density at radius 3 is 2.57 bits per heavy atom. The predicted octanol–water partition coefficient (Wildman–Crippen LogP) is 1.96. The van der Waals surface area contributed by atoms with Crippen molar-refractivity contribution in [1.29, 1.82) is 0 Å². The summed E-state index contributed by atoms with van der Waals surface area (Å²) in [7, 11) is 0. The molecule has 1 rings (SSSR count). The number of rotatable bonds is 11. The van der Waals surface area contributed by atoms with Crippen molar-refractivity contribution in [2.24, 2.45) is 5.73 Å². The van der Waals surface area contributed by atoms with Crippen LogP contribution in [0.25, 0.3) is 0 Å². The van der Waals surface area contributed by atoms with Crippen LogP contribution >= 0.6 is 0 Å². The standard InChI is InChI=1S/C16H26N2O3/c1-2-3-12-21-15-7-5-14(6-8-15)16(19)18-10-4-11-20-13-9-17/h5-8H,2-4,9-13,17H2,1H3,(H,18,19). The minimum atomic E-state index is -0.0751. The summed E-state index contributed by atoms with van der Waals surface area (Å²) in [5.41, 5.74) is 5.95. The average Bonchev–Trinajstić information content (AvgIpc) is 2.51. The molecule has 5 heteroatoms. The maximum atomic E-state index is 11.9. The highest BCUT2D eigenvalue weighted by atomic mass is 16.5. The molecule has 21 heavy (non-hydrogen) atoms. The number of carbonyl (C=O) groups is 1. The van der Waals surface area contributed by atoms with E-state index >= 15 is 0 Å². The Morgan fingerprint density at radius 1 is 1.14 bits per heavy atom. The molecule has 0 heterocycles. The van der Waals surface area contributed by atoms with Crippen LogP contribution in [-0.4, -0.2) is 38.8 Å². The molecular formula is C16H26N2O3. The molecule has 1 amide bonds. The van der Waals surface area contributed by atoms with Crippen molar-refractivity contribution in [1.82, 2.24) is 5.32 Å². The summed E-state index contributed by atoms with van der Waals surface area (Å²) in [5, 5.41) is 2.86. The van der Waals surface area contributed by atoms with Crippen LogP contribution in [0.5, 0.6) is 5.75 Å². The van der Waals surface area contributed by atoms with Crippen LogP contribution in [0, 0.1) is 0 Å². The lowest BCUT2D eigenvalue weighted by Gasteiger charge is -2.08. The van der Waals surface area contributed by atoms with E-state index in [1.54, 1.807) is 12.1 Å². The molecule has 0 saturated carbocycles. The Bertz CT molecular complexity index is 393. The molecule has 0 aliphatic rings. The molecule has 0 fully saturated rings. The third-order valence-electron chi connectivity index (χ3n) is 2.90. The highest BCUT2D eigenvalue weighted by molar-refractivity contribution is 5.94. The first kappa shape index (κ1) is 17.5. The van der Waals surface area contributed by atoms with E-state index in [0.717, 1.165) is 25.0 Å². The van der Waals surface area contributed by atoms with Gasteiger partial charge in [-0.1, -0.05) is 13.3 Å². The molecule has 3 N–H and O–H groups in total. The predicted molar refractivity (Wildman–Crippen MR) is 83.7 cm³/mol. The van der Waals surface area contributed by atoms with Crippen molar-refractivity contribution in [3.8, 4) is 5.75 Å². The van der Waals surface area contributed by atoms with E-state index in [2.05, 4.69) is 12.2 Å². The molecule has 0 aromatic heterocycles. The van der Waals surface area contributed by atoms with Gasteiger partial charge >= 0.3 is 0 Å². The van der Waals surface area contributed by atoms with Gasteiger partial charge in [0.25, 0.3) is 5.91 Å². The van der Waals surface area contributed by atoms with E-state index in [9.17, 15) is 4.79 Å². The first-order valence-electron chi connectivity index (χ1n) is 7.56. The fraction of sp³-hybridized carbons (Fsp3) is 0.562. The molecule has 0 atom stereocenters. The quantitative estimate of drug-likeness (QED) is 0.612. The van der Waals surface area contributed by atoms with Crippen molar-refractivity contribution in [2.45, 2.75) is 26.2 Å². The molecule has 0 unspecified atom stereocenters. The van der Waals surface area contributed by atoms with Gasteiger partial charge in [0.15, 0.2) is 0 Å². The highest BCUT2D eigenvalue weighted by Crippen LogP contribution is 2.12. The van der Waals surface area contributed by atoms with Gasteiger partial charge in [-0.25, -0.2) is 0 Å². The maximum absolute atomic E-state index is 11.9. The highest BCUT2D eigenvalue weighted by Gasteiger charge is 2.04. The maximum Gasteiger partial charge on any atom is 0.251 e. The molecule has 0 aliphatic carbocycles. The minimum Gasteiger partial charge on any atom is -0.494 e. The third-order valence-corrected chi connectivity index (χ3v) is 2.90. The molecule has 118 valence electrons. The second-order valence-electron chi connectivity index (χ2n) is 4.74. The fourth-order valence-electron chi connectivity index (χ4n) is 1.70. The molecule has 0 saturated heterocycles. The normalized spacial score (nSPS) is 10.4. The molecule has 1 aromatic carbocycles. The number of hydrogen-bond acceptors (Lipinski definition) is 4. The van der Waals surface area contributed by atoms with Gasteiger partial charge in [-0.05, 0) is 37.1 Å². The Labute approximate surface area is 126 Å². The number of benzene rings is 1. The molecule has 0 aliphatic heterocycles. The number of unbranched alkanes of at least 4 members (excludes halogenated alkanes) is 1. The molecule has 5 nitrogen and oxygen atoms in total. The van der Waals surface area contributed by atoms with Crippen LogP contribution in [0.1, 0.15) is 36.5 Å². The van der Waals surface area contributed by atoms with Gasteiger partial charge in [0, 0.05) is 25.3 Å². The second kappa shape index (κ2) is 11.1. The monoisotopic (exact) mass is 294 g/mol. The summed E-state index contributed by atoms with van der Waals surface area (Å²) in [4.78, 5) is 11.9. The molecule has 0 spiro atoms. The van der Waals surface area contributed by atoms with Gasteiger partial charge in [0.1, 0.15) is 5.75 Å². The van der Waals surface area contributed by atoms with Gasteiger partial charge in [-0.2, -0.15) is 0 Å². The van der Waals surface area contributed by atoms with Crippen molar-refractivity contribution in [3.05, 3.63) is 29.8 Å².